The summed E-state index contributed by atoms with van der Waals surface area (Å²) in [6, 6.07) is 13.8. The molecule has 4 aromatic rings. The molecule has 1 aliphatic rings. The Balaban J connectivity index is 1.41. The minimum absolute atomic E-state index is 0.442. The van der Waals surface area contributed by atoms with Crippen LogP contribution in [0.25, 0.3) is 21.1 Å². The fraction of sp³-hybridized carbons (Fsp3) is 0.320. The molecular weight excluding hydrogens is 480 g/mol. The van der Waals surface area contributed by atoms with Crippen LogP contribution in [0.15, 0.2) is 42.5 Å². The first kappa shape index (κ1) is 23.5. The molecule has 10 heteroatoms. The maximum absolute atomic E-state index is 11.2. The van der Waals surface area contributed by atoms with E-state index in [9.17, 15) is 4.79 Å². The van der Waals surface area contributed by atoms with E-state index in [1.165, 1.54) is 0 Å². The van der Waals surface area contributed by atoms with Crippen LogP contribution in [0.1, 0.15) is 34.3 Å². The molecule has 1 amide bonds. The topological polar surface area (TPSA) is 93.1 Å². The van der Waals surface area contributed by atoms with Gasteiger partial charge in [0.2, 0.25) is 6.41 Å². The van der Waals surface area contributed by atoms with Crippen LogP contribution < -0.4 is 10.1 Å². The fourth-order valence-corrected chi connectivity index (χ4v) is 5.72. The van der Waals surface area contributed by atoms with Gasteiger partial charge < -0.3 is 15.0 Å². The predicted molar refractivity (Wildman–Crippen MR) is 138 cm³/mol. The molecule has 2 aromatic heterocycles. The number of amides is 1. The smallest absolute Gasteiger partial charge is 0.209 e. The second kappa shape index (κ2) is 10.6. The number of piperidine rings is 1. The summed E-state index contributed by atoms with van der Waals surface area (Å²) in [5.41, 5.74) is 2.86. The highest BCUT2D eigenvalue weighted by molar-refractivity contribution is 7.15. The Morgan fingerprint density at radius 2 is 1.71 bits per heavy atom. The standard InChI is InChI=1S/C25H26N6O2S2/c1-16-27-28-23(34-16)17-5-7-21(8-6-17)33-22-13-19(3-4-20(22)14-31(2)15-32)25-30-29-24(35-25)18-9-11-26-12-10-18/h3-8,13,15,18,26H,9-12,14H2,1-2H3. The summed E-state index contributed by atoms with van der Waals surface area (Å²) in [6.07, 6.45) is 2.99. The fourth-order valence-electron chi connectivity index (χ4n) is 4.01. The molecule has 3 heterocycles. The Hall–Kier alpha value is -3.21. The molecule has 1 aliphatic heterocycles. The average Bonchev–Trinajstić information content (AvgIpc) is 3.56. The quantitative estimate of drug-likeness (QED) is 0.341. The van der Waals surface area contributed by atoms with Crippen LogP contribution in [0, 0.1) is 6.92 Å². The van der Waals surface area contributed by atoms with Gasteiger partial charge in [-0.3, -0.25) is 4.79 Å². The summed E-state index contributed by atoms with van der Waals surface area (Å²) in [6.45, 7) is 4.43. The van der Waals surface area contributed by atoms with E-state index in [-0.39, 0.29) is 0 Å². The van der Waals surface area contributed by atoms with E-state index in [0.29, 0.717) is 24.0 Å². The highest BCUT2D eigenvalue weighted by atomic mass is 32.1. The molecule has 0 aliphatic carbocycles. The Labute approximate surface area is 212 Å². The van der Waals surface area contributed by atoms with Crippen molar-refractivity contribution in [3.8, 4) is 32.6 Å². The third-order valence-electron chi connectivity index (χ3n) is 5.90. The number of benzene rings is 2. The van der Waals surface area contributed by atoms with Crippen molar-refractivity contribution in [3.05, 3.63) is 58.0 Å². The van der Waals surface area contributed by atoms with Crippen LogP contribution in [-0.4, -0.2) is 51.8 Å². The van der Waals surface area contributed by atoms with E-state index in [0.717, 1.165) is 69.1 Å². The molecule has 180 valence electrons. The monoisotopic (exact) mass is 506 g/mol. The van der Waals surface area contributed by atoms with E-state index in [2.05, 4.69) is 25.7 Å². The third kappa shape index (κ3) is 5.55. The molecule has 0 spiro atoms. The molecule has 35 heavy (non-hydrogen) atoms. The van der Waals surface area contributed by atoms with E-state index in [4.69, 9.17) is 4.74 Å². The van der Waals surface area contributed by atoms with Crippen LogP contribution >= 0.6 is 22.7 Å². The second-order valence-corrected chi connectivity index (χ2v) is 10.8. The number of aromatic nitrogens is 4. The van der Waals surface area contributed by atoms with Crippen molar-refractivity contribution in [2.75, 3.05) is 20.1 Å². The van der Waals surface area contributed by atoms with Crippen LogP contribution in [0.2, 0.25) is 0 Å². The Kier molecular flexibility index (Phi) is 7.12. The number of ether oxygens (including phenoxy) is 1. The molecule has 1 fully saturated rings. The van der Waals surface area contributed by atoms with Gasteiger partial charge in [0.1, 0.15) is 31.5 Å². The van der Waals surface area contributed by atoms with Crippen molar-refractivity contribution in [1.82, 2.24) is 30.6 Å². The van der Waals surface area contributed by atoms with Crippen molar-refractivity contribution in [2.45, 2.75) is 32.2 Å². The first-order chi connectivity index (χ1) is 17.1. The van der Waals surface area contributed by atoms with Gasteiger partial charge in [0, 0.05) is 36.2 Å². The van der Waals surface area contributed by atoms with Crippen LogP contribution in [0.5, 0.6) is 11.5 Å². The zero-order valence-corrected chi connectivity index (χ0v) is 21.2. The highest BCUT2D eigenvalue weighted by Crippen LogP contribution is 2.36. The number of carbonyl (C=O) groups is 1. The van der Waals surface area contributed by atoms with Crippen molar-refractivity contribution >= 4 is 29.1 Å². The summed E-state index contributed by atoms with van der Waals surface area (Å²) in [7, 11) is 1.75. The normalized spacial score (nSPS) is 14.1. The molecule has 1 saturated heterocycles. The first-order valence-corrected chi connectivity index (χ1v) is 13.1. The van der Waals surface area contributed by atoms with Crippen molar-refractivity contribution in [2.24, 2.45) is 0 Å². The number of nitrogens with one attached hydrogen (secondary N) is 1. The highest BCUT2D eigenvalue weighted by Gasteiger charge is 2.20. The van der Waals surface area contributed by atoms with Gasteiger partial charge in [-0.25, -0.2) is 0 Å². The summed E-state index contributed by atoms with van der Waals surface area (Å²) < 4.78 is 6.31. The number of hydrogen-bond donors (Lipinski definition) is 1. The molecule has 2 aromatic carbocycles. The Morgan fingerprint density at radius 1 is 1.00 bits per heavy atom. The molecule has 0 radical (unpaired) electrons. The van der Waals surface area contributed by atoms with Gasteiger partial charge in [0.25, 0.3) is 0 Å². The molecular formula is C25H26N6O2S2. The number of nitrogens with zero attached hydrogens (tertiary/aromatic N) is 5. The van der Waals surface area contributed by atoms with Gasteiger partial charge in [0.15, 0.2) is 0 Å². The minimum atomic E-state index is 0.442. The lowest BCUT2D eigenvalue weighted by molar-refractivity contribution is -0.117. The van der Waals surface area contributed by atoms with Gasteiger partial charge in [-0.05, 0) is 63.2 Å². The zero-order chi connectivity index (χ0) is 24.2. The van der Waals surface area contributed by atoms with E-state index in [1.807, 2.05) is 49.4 Å². The largest absolute Gasteiger partial charge is 0.457 e. The Morgan fingerprint density at radius 3 is 2.43 bits per heavy atom. The number of rotatable bonds is 8. The van der Waals surface area contributed by atoms with Crippen LogP contribution in [0.4, 0.5) is 0 Å². The van der Waals surface area contributed by atoms with Crippen LogP contribution in [0.3, 0.4) is 0 Å². The average molecular weight is 507 g/mol. The minimum Gasteiger partial charge on any atom is -0.457 e. The molecule has 5 rings (SSSR count). The molecule has 1 N–H and O–H groups in total. The van der Waals surface area contributed by atoms with E-state index >= 15 is 0 Å². The maximum Gasteiger partial charge on any atom is 0.209 e. The number of hydrogen-bond acceptors (Lipinski definition) is 9. The van der Waals surface area contributed by atoms with Crippen molar-refractivity contribution in [3.63, 3.8) is 0 Å². The SMILES string of the molecule is Cc1nnc(-c2ccc(Oc3cc(-c4nnc(C5CCNCC5)s4)ccc3CN(C)C=O)cc2)s1. The van der Waals surface area contributed by atoms with Crippen molar-refractivity contribution in [1.29, 1.82) is 0 Å². The Bertz CT molecular complexity index is 1300. The van der Waals surface area contributed by atoms with E-state index in [1.54, 1.807) is 34.6 Å². The lowest BCUT2D eigenvalue weighted by Crippen LogP contribution is -2.26. The summed E-state index contributed by atoms with van der Waals surface area (Å²) in [4.78, 5) is 12.8. The second-order valence-electron chi connectivity index (χ2n) is 8.57. The van der Waals surface area contributed by atoms with Gasteiger partial charge >= 0.3 is 0 Å². The molecule has 0 unspecified atom stereocenters. The van der Waals surface area contributed by atoms with Crippen molar-refractivity contribution < 1.29 is 9.53 Å². The summed E-state index contributed by atoms with van der Waals surface area (Å²) in [5, 5.41) is 24.4. The lowest BCUT2D eigenvalue weighted by Gasteiger charge is -2.19. The predicted octanol–water partition coefficient (Wildman–Crippen LogP) is 4.88. The molecule has 0 bridgehead atoms. The van der Waals surface area contributed by atoms with Gasteiger partial charge in [-0.15, -0.1) is 20.4 Å². The summed E-state index contributed by atoms with van der Waals surface area (Å²) in [5.74, 6) is 1.86. The third-order valence-corrected chi connectivity index (χ3v) is 7.92. The van der Waals surface area contributed by atoms with Crippen LogP contribution in [-0.2, 0) is 11.3 Å². The van der Waals surface area contributed by atoms with Gasteiger partial charge in [0.05, 0.1) is 0 Å². The first-order valence-electron chi connectivity index (χ1n) is 11.5. The number of carbonyl (C=O) groups excluding carboxylic acids is 1. The molecule has 0 saturated carbocycles. The lowest BCUT2D eigenvalue weighted by atomic mass is 9.99. The summed E-state index contributed by atoms with van der Waals surface area (Å²) >= 11 is 3.21. The molecule has 8 nitrogen and oxygen atoms in total. The van der Waals surface area contributed by atoms with E-state index < -0.39 is 0 Å². The molecule has 0 atom stereocenters. The zero-order valence-electron chi connectivity index (χ0n) is 19.6. The number of aryl methyl sites for hydroxylation is 1. The van der Waals surface area contributed by atoms with Gasteiger partial charge in [-0.2, -0.15) is 0 Å². The van der Waals surface area contributed by atoms with Gasteiger partial charge in [-0.1, -0.05) is 34.8 Å². The maximum atomic E-state index is 11.2.